The third-order valence-corrected chi connectivity index (χ3v) is 4.05. The van der Waals surface area contributed by atoms with E-state index in [9.17, 15) is 9.59 Å². The Hall–Kier alpha value is -2.73. The number of rotatable bonds is 5. The Morgan fingerprint density at radius 2 is 2.00 bits per heavy atom. The highest BCUT2D eigenvalue weighted by atomic mass is 16.5. The molecule has 6 heteroatoms. The van der Waals surface area contributed by atoms with Gasteiger partial charge in [0.2, 0.25) is 0 Å². The van der Waals surface area contributed by atoms with Crippen LogP contribution in [0.3, 0.4) is 0 Å². The smallest absolute Gasteiger partial charge is 0.257 e. The summed E-state index contributed by atoms with van der Waals surface area (Å²) in [5, 5.41) is 5.64. The van der Waals surface area contributed by atoms with Crippen molar-refractivity contribution in [2.75, 3.05) is 18.5 Å². The molecule has 6 nitrogen and oxygen atoms in total. The quantitative estimate of drug-likeness (QED) is 0.877. The van der Waals surface area contributed by atoms with Crippen LogP contribution in [-0.2, 0) is 4.74 Å². The predicted octanol–water partition coefficient (Wildman–Crippen LogP) is 2.55. The molecule has 2 N–H and O–H groups in total. The largest absolute Gasteiger partial charge is 0.376 e. The summed E-state index contributed by atoms with van der Waals surface area (Å²) in [5.41, 5.74) is 2.46. The first-order valence-corrected chi connectivity index (χ1v) is 8.35. The van der Waals surface area contributed by atoms with Crippen LogP contribution in [0, 0.1) is 6.92 Å². The molecule has 130 valence electrons. The number of aromatic nitrogens is 1. The lowest BCUT2D eigenvalue weighted by molar-refractivity contribution is 0.0857. The molecule has 0 spiro atoms. The van der Waals surface area contributed by atoms with Crippen LogP contribution in [-0.4, -0.2) is 36.1 Å². The SMILES string of the molecule is Cc1cccc(NC(=O)c2cncc(C(=O)NCC3CCCO3)c2)c1. The van der Waals surface area contributed by atoms with Crippen LogP contribution < -0.4 is 10.6 Å². The summed E-state index contributed by atoms with van der Waals surface area (Å²) in [7, 11) is 0. The van der Waals surface area contributed by atoms with Crippen molar-refractivity contribution in [2.24, 2.45) is 0 Å². The molecule has 1 fully saturated rings. The average Bonchev–Trinajstić information content (AvgIpc) is 3.13. The number of aryl methyl sites for hydroxylation is 1. The molecular formula is C19H21N3O3. The number of anilines is 1. The van der Waals surface area contributed by atoms with Gasteiger partial charge in [0.1, 0.15) is 0 Å². The number of nitrogens with one attached hydrogen (secondary N) is 2. The lowest BCUT2D eigenvalue weighted by Gasteiger charge is -2.11. The molecule has 1 aromatic carbocycles. The van der Waals surface area contributed by atoms with Crippen molar-refractivity contribution < 1.29 is 14.3 Å². The second-order valence-electron chi connectivity index (χ2n) is 6.13. The van der Waals surface area contributed by atoms with Crippen LogP contribution in [0.4, 0.5) is 5.69 Å². The number of hydrogen-bond acceptors (Lipinski definition) is 4. The number of carbonyl (C=O) groups excluding carboxylic acids is 2. The van der Waals surface area contributed by atoms with Crippen molar-refractivity contribution in [3.05, 3.63) is 59.4 Å². The van der Waals surface area contributed by atoms with Crippen molar-refractivity contribution in [1.29, 1.82) is 0 Å². The minimum Gasteiger partial charge on any atom is -0.376 e. The summed E-state index contributed by atoms with van der Waals surface area (Å²) in [5.74, 6) is -0.555. The highest BCUT2D eigenvalue weighted by molar-refractivity contribution is 6.05. The Morgan fingerprint density at radius 1 is 1.20 bits per heavy atom. The zero-order valence-corrected chi connectivity index (χ0v) is 14.1. The molecule has 2 amide bonds. The maximum absolute atomic E-state index is 12.4. The van der Waals surface area contributed by atoms with Gasteiger partial charge >= 0.3 is 0 Å². The third kappa shape index (κ3) is 4.64. The second-order valence-corrected chi connectivity index (χ2v) is 6.13. The molecule has 1 aliphatic rings. The van der Waals surface area contributed by atoms with Crippen molar-refractivity contribution in [3.63, 3.8) is 0 Å². The number of ether oxygens (including phenoxy) is 1. The molecule has 1 saturated heterocycles. The Balaban J connectivity index is 1.63. The van der Waals surface area contributed by atoms with Gasteiger partial charge in [0, 0.05) is 31.2 Å². The van der Waals surface area contributed by atoms with Gasteiger partial charge in [-0.25, -0.2) is 0 Å². The summed E-state index contributed by atoms with van der Waals surface area (Å²) in [6.45, 7) is 3.17. The van der Waals surface area contributed by atoms with Crippen molar-refractivity contribution in [3.8, 4) is 0 Å². The fraction of sp³-hybridized carbons (Fsp3) is 0.316. The number of nitrogens with zero attached hydrogens (tertiary/aromatic N) is 1. The molecule has 2 heterocycles. The zero-order valence-electron chi connectivity index (χ0n) is 14.1. The van der Waals surface area contributed by atoms with E-state index in [1.54, 1.807) is 6.07 Å². The minimum atomic E-state index is -0.299. The first kappa shape index (κ1) is 17.1. The van der Waals surface area contributed by atoms with E-state index in [2.05, 4.69) is 15.6 Å². The normalized spacial score (nSPS) is 16.4. The number of pyridine rings is 1. The number of hydrogen-bond donors (Lipinski definition) is 2. The standard InChI is InChI=1S/C19H21N3O3/c1-13-4-2-5-16(8-13)22-19(24)15-9-14(10-20-11-15)18(23)21-12-17-6-3-7-25-17/h2,4-5,8-11,17H,3,6-7,12H2,1H3,(H,21,23)(H,22,24). The van der Waals surface area contributed by atoms with E-state index in [4.69, 9.17) is 4.74 Å². The molecule has 1 unspecified atom stereocenters. The summed E-state index contributed by atoms with van der Waals surface area (Å²) in [4.78, 5) is 28.6. The third-order valence-electron chi connectivity index (χ3n) is 4.05. The lowest BCUT2D eigenvalue weighted by atomic mass is 10.1. The number of carbonyl (C=O) groups is 2. The van der Waals surface area contributed by atoms with Crippen LogP contribution in [0.1, 0.15) is 39.1 Å². The Labute approximate surface area is 146 Å². The van der Waals surface area contributed by atoms with Gasteiger partial charge in [-0.2, -0.15) is 0 Å². The van der Waals surface area contributed by atoms with E-state index in [0.717, 1.165) is 25.0 Å². The van der Waals surface area contributed by atoms with Gasteiger partial charge in [-0.15, -0.1) is 0 Å². The lowest BCUT2D eigenvalue weighted by Crippen LogP contribution is -2.32. The Morgan fingerprint density at radius 3 is 2.72 bits per heavy atom. The van der Waals surface area contributed by atoms with Crippen molar-refractivity contribution in [1.82, 2.24) is 10.3 Å². The van der Waals surface area contributed by atoms with Gasteiger partial charge in [0.15, 0.2) is 0 Å². The van der Waals surface area contributed by atoms with E-state index in [1.807, 2.05) is 31.2 Å². The monoisotopic (exact) mass is 339 g/mol. The van der Waals surface area contributed by atoms with Gasteiger partial charge in [-0.05, 0) is 43.5 Å². The highest BCUT2D eigenvalue weighted by Gasteiger charge is 2.17. The summed E-state index contributed by atoms with van der Waals surface area (Å²) < 4.78 is 5.48. The fourth-order valence-corrected chi connectivity index (χ4v) is 2.73. The Kier molecular flexibility index (Phi) is 5.40. The maximum atomic E-state index is 12.4. The molecule has 0 saturated carbocycles. The fourth-order valence-electron chi connectivity index (χ4n) is 2.73. The minimum absolute atomic E-state index is 0.0738. The molecule has 2 aromatic rings. The molecule has 0 aliphatic carbocycles. The molecular weight excluding hydrogens is 318 g/mol. The van der Waals surface area contributed by atoms with Crippen LogP contribution in [0.25, 0.3) is 0 Å². The molecule has 0 radical (unpaired) electrons. The van der Waals surface area contributed by atoms with Crippen LogP contribution in [0.2, 0.25) is 0 Å². The molecule has 3 rings (SSSR count). The van der Waals surface area contributed by atoms with E-state index in [1.165, 1.54) is 12.4 Å². The van der Waals surface area contributed by atoms with Gasteiger partial charge < -0.3 is 15.4 Å². The molecule has 1 aromatic heterocycles. The Bertz CT molecular complexity index is 770. The van der Waals surface area contributed by atoms with E-state index >= 15 is 0 Å². The van der Waals surface area contributed by atoms with Gasteiger partial charge in [0.05, 0.1) is 17.2 Å². The highest BCUT2D eigenvalue weighted by Crippen LogP contribution is 2.13. The van der Waals surface area contributed by atoms with E-state index < -0.39 is 0 Å². The van der Waals surface area contributed by atoms with Crippen LogP contribution >= 0.6 is 0 Å². The molecule has 1 atom stereocenters. The van der Waals surface area contributed by atoms with E-state index in [0.29, 0.717) is 23.4 Å². The topological polar surface area (TPSA) is 80.3 Å². The van der Waals surface area contributed by atoms with Crippen LogP contribution in [0.15, 0.2) is 42.7 Å². The first-order chi connectivity index (χ1) is 12.1. The van der Waals surface area contributed by atoms with E-state index in [-0.39, 0.29) is 17.9 Å². The van der Waals surface area contributed by atoms with Crippen molar-refractivity contribution >= 4 is 17.5 Å². The van der Waals surface area contributed by atoms with Crippen LogP contribution in [0.5, 0.6) is 0 Å². The molecule has 25 heavy (non-hydrogen) atoms. The van der Waals surface area contributed by atoms with Gasteiger partial charge in [-0.1, -0.05) is 12.1 Å². The number of benzene rings is 1. The summed E-state index contributed by atoms with van der Waals surface area (Å²) >= 11 is 0. The second kappa shape index (κ2) is 7.90. The molecule has 1 aliphatic heterocycles. The predicted molar refractivity (Wildman–Crippen MR) is 94.7 cm³/mol. The summed E-state index contributed by atoms with van der Waals surface area (Å²) in [6, 6.07) is 9.07. The average molecular weight is 339 g/mol. The first-order valence-electron chi connectivity index (χ1n) is 8.35. The zero-order chi connectivity index (χ0) is 17.6. The molecule has 0 bridgehead atoms. The summed E-state index contributed by atoms with van der Waals surface area (Å²) in [6.07, 6.45) is 4.95. The van der Waals surface area contributed by atoms with Gasteiger partial charge in [0.25, 0.3) is 11.8 Å². The number of amides is 2. The van der Waals surface area contributed by atoms with Crippen molar-refractivity contribution in [2.45, 2.75) is 25.9 Å². The van der Waals surface area contributed by atoms with Gasteiger partial charge in [-0.3, -0.25) is 14.6 Å². The maximum Gasteiger partial charge on any atom is 0.257 e.